The highest BCUT2D eigenvalue weighted by atomic mass is 32.2. The van der Waals surface area contributed by atoms with Gasteiger partial charge in [-0.05, 0) is 56.9 Å². The summed E-state index contributed by atoms with van der Waals surface area (Å²) in [5.41, 5.74) is 3.34. The van der Waals surface area contributed by atoms with E-state index in [0.717, 1.165) is 34.7 Å². The molecule has 0 unspecified atom stereocenters. The summed E-state index contributed by atoms with van der Waals surface area (Å²) in [6.45, 7) is 3.87. The Balaban J connectivity index is 1.58. The number of benzene rings is 2. The van der Waals surface area contributed by atoms with Crippen molar-refractivity contribution in [2.75, 3.05) is 5.75 Å². The molecule has 1 N–H and O–H groups in total. The number of carbonyl (C=O) groups excluding carboxylic acids is 1. The number of para-hydroxylation sites is 2. The van der Waals surface area contributed by atoms with E-state index >= 15 is 0 Å². The molecule has 0 spiro atoms. The number of nitrogens with zero attached hydrogens (tertiary/aromatic N) is 3. The molecule has 1 amide bonds. The van der Waals surface area contributed by atoms with Crippen molar-refractivity contribution >= 4 is 28.7 Å². The Morgan fingerprint density at radius 2 is 2.00 bits per heavy atom. The number of thioether (sulfide) groups is 1. The Labute approximate surface area is 168 Å². The minimum absolute atomic E-state index is 0.136. The van der Waals surface area contributed by atoms with Crippen LogP contribution in [-0.2, 0) is 4.79 Å². The van der Waals surface area contributed by atoms with Crippen LogP contribution in [0.25, 0.3) is 16.7 Å². The summed E-state index contributed by atoms with van der Waals surface area (Å²) in [6.07, 6.45) is 2.00. The molecule has 0 saturated heterocycles. The molecule has 28 heavy (non-hydrogen) atoms. The monoisotopic (exact) mass is 390 g/mol. The minimum Gasteiger partial charge on any atom is -0.337 e. The Morgan fingerprint density at radius 3 is 2.68 bits per heavy atom. The Kier molecular flexibility index (Phi) is 4.86. The summed E-state index contributed by atoms with van der Waals surface area (Å²) in [5, 5.41) is 13.1. The molecule has 0 bridgehead atoms. The van der Waals surface area contributed by atoms with Crippen LogP contribution in [0.2, 0.25) is 0 Å². The SMILES string of the molecule is Cc1ccc(-n2c(SCC(=O)N[C@](C)(C#N)C3CC3)nc3ccccc32)cc1. The van der Waals surface area contributed by atoms with Gasteiger partial charge in [0, 0.05) is 5.69 Å². The number of rotatable bonds is 6. The summed E-state index contributed by atoms with van der Waals surface area (Å²) in [5.74, 6) is 0.353. The van der Waals surface area contributed by atoms with Crippen molar-refractivity contribution in [3.05, 3.63) is 54.1 Å². The fraction of sp³-hybridized carbons (Fsp3) is 0.318. The van der Waals surface area contributed by atoms with Gasteiger partial charge in [-0.2, -0.15) is 5.26 Å². The van der Waals surface area contributed by atoms with E-state index in [4.69, 9.17) is 4.98 Å². The Hall–Kier alpha value is -2.78. The van der Waals surface area contributed by atoms with Gasteiger partial charge in [0.15, 0.2) is 5.16 Å². The lowest BCUT2D eigenvalue weighted by Crippen LogP contribution is -2.47. The molecule has 6 heteroatoms. The van der Waals surface area contributed by atoms with Gasteiger partial charge in [-0.3, -0.25) is 9.36 Å². The van der Waals surface area contributed by atoms with Crippen molar-refractivity contribution in [1.82, 2.24) is 14.9 Å². The van der Waals surface area contributed by atoms with Gasteiger partial charge in [-0.15, -0.1) is 0 Å². The van der Waals surface area contributed by atoms with E-state index in [0.29, 0.717) is 0 Å². The fourth-order valence-corrected chi connectivity index (χ4v) is 4.21. The fourth-order valence-electron chi connectivity index (χ4n) is 3.38. The maximum atomic E-state index is 12.5. The van der Waals surface area contributed by atoms with Crippen LogP contribution in [0.5, 0.6) is 0 Å². The average molecular weight is 391 g/mol. The zero-order valence-corrected chi connectivity index (χ0v) is 16.8. The third-order valence-electron chi connectivity index (χ3n) is 5.18. The maximum absolute atomic E-state index is 12.5. The number of hydrogen-bond donors (Lipinski definition) is 1. The van der Waals surface area contributed by atoms with Gasteiger partial charge in [0.2, 0.25) is 5.91 Å². The molecule has 1 aromatic heterocycles. The predicted octanol–water partition coefficient (Wildman–Crippen LogP) is 4.23. The minimum atomic E-state index is -0.769. The molecule has 1 heterocycles. The summed E-state index contributed by atoms with van der Waals surface area (Å²) < 4.78 is 2.08. The normalized spacial score (nSPS) is 15.8. The first kappa shape index (κ1) is 18.6. The van der Waals surface area contributed by atoms with Crippen molar-refractivity contribution in [3.63, 3.8) is 0 Å². The lowest BCUT2D eigenvalue weighted by molar-refractivity contribution is -0.119. The van der Waals surface area contributed by atoms with Crippen molar-refractivity contribution in [2.24, 2.45) is 5.92 Å². The van der Waals surface area contributed by atoms with Gasteiger partial charge in [0.1, 0.15) is 5.54 Å². The van der Waals surface area contributed by atoms with Crippen LogP contribution in [0.3, 0.4) is 0 Å². The molecule has 1 aliphatic carbocycles. The third kappa shape index (κ3) is 3.63. The molecule has 2 aromatic carbocycles. The second kappa shape index (κ2) is 7.33. The summed E-state index contributed by atoms with van der Waals surface area (Å²) in [7, 11) is 0. The number of nitriles is 1. The lowest BCUT2D eigenvalue weighted by Gasteiger charge is -2.22. The number of aromatic nitrogens is 2. The zero-order chi connectivity index (χ0) is 19.7. The second-order valence-electron chi connectivity index (χ2n) is 7.48. The van der Waals surface area contributed by atoms with Gasteiger partial charge in [0.25, 0.3) is 0 Å². The van der Waals surface area contributed by atoms with Crippen LogP contribution in [-0.4, -0.2) is 26.8 Å². The maximum Gasteiger partial charge on any atom is 0.231 e. The van der Waals surface area contributed by atoms with Gasteiger partial charge in [-0.1, -0.05) is 41.6 Å². The van der Waals surface area contributed by atoms with E-state index in [1.54, 1.807) is 0 Å². The van der Waals surface area contributed by atoms with E-state index in [2.05, 4.69) is 47.1 Å². The topological polar surface area (TPSA) is 70.7 Å². The number of carbonyl (C=O) groups is 1. The standard InChI is InChI=1S/C22H22N4OS/c1-15-7-11-17(12-8-15)26-19-6-4-3-5-18(19)24-21(26)28-13-20(27)25-22(2,14-23)16-9-10-16/h3-8,11-12,16H,9-10,13H2,1-2H3,(H,25,27)/t22-/m1/s1. The van der Waals surface area contributed by atoms with Crippen LogP contribution in [0.15, 0.2) is 53.7 Å². The highest BCUT2D eigenvalue weighted by Gasteiger charge is 2.42. The second-order valence-corrected chi connectivity index (χ2v) is 8.42. The summed E-state index contributed by atoms with van der Waals surface area (Å²) in [4.78, 5) is 17.2. The van der Waals surface area contributed by atoms with Gasteiger partial charge in [0.05, 0.1) is 22.9 Å². The van der Waals surface area contributed by atoms with E-state index in [1.807, 2.05) is 31.2 Å². The number of amides is 1. The molecule has 4 rings (SSSR count). The van der Waals surface area contributed by atoms with Crippen molar-refractivity contribution in [2.45, 2.75) is 37.4 Å². The number of aryl methyl sites for hydroxylation is 1. The van der Waals surface area contributed by atoms with E-state index in [-0.39, 0.29) is 17.6 Å². The molecule has 0 radical (unpaired) electrons. The quantitative estimate of drug-likeness (QED) is 0.639. The van der Waals surface area contributed by atoms with Crippen LogP contribution in [0, 0.1) is 24.2 Å². The highest BCUT2D eigenvalue weighted by Crippen LogP contribution is 2.39. The molecule has 1 fully saturated rings. The first-order valence-corrected chi connectivity index (χ1v) is 10.4. The number of hydrogen-bond acceptors (Lipinski definition) is 4. The zero-order valence-electron chi connectivity index (χ0n) is 16.0. The molecule has 142 valence electrons. The van der Waals surface area contributed by atoms with E-state index in [1.165, 1.54) is 17.3 Å². The number of nitrogens with one attached hydrogen (secondary N) is 1. The largest absolute Gasteiger partial charge is 0.337 e. The molecule has 1 saturated carbocycles. The average Bonchev–Trinajstić information content (AvgIpc) is 3.49. The van der Waals surface area contributed by atoms with Crippen molar-refractivity contribution in [3.8, 4) is 11.8 Å². The molecule has 1 aliphatic rings. The molecule has 1 atom stereocenters. The molecule has 0 aliphatic heterocycles. The molecule has 3 aromatic rings. The molecule has 5 nitrogen and oxygen atoms in total. The van der Waals surface area contributed by atoms with Crippen molar-refractivity contribution in [1.29, 1.82) is 5.26 Å². The third-order valence-corrected chi connectivity index (χ3v) is 6.12. The summed E-state index contributed by atoms with van der Waals surface area (Å²) >= 11 is 1.39. The van der Waals surface area contributed by atoms with Crippen LogP contribution in [0.1, 0.15) is 25.3 Å². The smallest absolute Gasteiger partial charge is 0.231 e. The number of imidazole rings is 1. The lowest BCUT2D eigenvalue weighted by atomic mass is 9.98. The van der Waals surface area contributed by atoms with Crippen LogP contribution in [0.4, 0.5) is 0 Å². The first-order chi connectivity index (χ1) is 13.5. The summed E-state index contributed by atoms with van der Waals surface area (Å²) in [6, 6.07) is 18.5. The highest BCUT2D eigenvalue weighted by molar-refractivity contribution is 7.99. The van der Waals surface area contributed by atoms with Gasteiger partial charge >= 0.3 is 0 Å². The van der Waals surface area contributed by atoms with Crippen LogP contribution < -0.4 is 5.32 Å². The van der Waals surface area contributed by atoms with Crippen molar-refractivity contribution < 1.29 is 4.79 Å². The Morgan fingerprint density at radius 1 is 1.29 bits per heavy atom. The number of fused-ring (bicyclic) bond motifs is 1. The molecular formula is C22H22N4OS. The predicted molar refractivity (Wildman–Crippen MR) is 111 cm³/mol. The Bertz CT molecular complexity index is 1060. The first-order valence-electron chi connectivity index (χ1n) is 9.40. The van der Waals surface area contributed by atoms with Gasteiger partial charge in [-0.25, -0.2) is 4.98 Å². The van der Waals surface area contributed by atoms with Crippen LogP contribution >= 0.6 is 11.8 Å². The van der Waals surface area contributed by atoms with E-state index < -0.39 is 5.54 Å². The van der Waals surface area contributed by atoms with Gasteiger partial charge < -0.3 is 5.32 Å². The molecular weight excluding hydrogens is 368 g/mol. The van der Waals surface area contributed by atoms with E-state index in [9.17, 15) is 10.1 Å².